The third kappa shape index (κ3) is 5.73. The number of para-hydroxylation sites is 3. The van der Waals surface area contributed by atoms with Crippen molar-refractivity contribution in [2.75, 3.05) is 38.0 Å². The number of carbonyl (C=O) groups is 1. The molecule has 1 aliphatic rings. The number of carbonyl (C=O) groups excluding carboxylic acids is 1. The standard InChI is InChI=1S/C22H29N3O2/c1-18(2)12-13-24-14-16-25(17-15-24)22(26)23-20-10-6-7-11-21(20)27-19-8-4-3-5-9-19/h3-11,18H,12-17H2,1-2H3,(H,23,26). The Morgan fingerprint density at radius 3 is 2.37 bits per heavy atom. The van der Waals surface area contributed by atoms with Crippen LogP contribution in [0.3, 0.4) is 0 Å². The maximum Gasteiger partial charge on any atom is 0.322 e. The molecule has 0 aliphatic carbocycles. The van der Waals surface area contributed by atoms with Gasteiger partial charge in [-0.3, -0.25) is 4.90 Å². The van der Waals surface area contributed by atoms with Gasteiger partial charge in [0.05, 0.1) is 5.69 Å². The van der Waals surface area contributed by atoms with Gasteiger partial charge in [-0.05, 0) is 43.1 Å². The van der Waals surface area contributed by atoms with Crippen molar-refractivity contribution in [1.82, 2.24) is 9.80 Å². The molecule has 5 heteroatoms. The van der Waals surface area contributed by atoms with E-state index < -0.39 is 0 Å². The number of hydrogen-bond donors (Lipinski definition) is 1. The number of nitrogens with zero attached hydrogens (tertiary/aromatic N) is 2. The van der Waals surface area contributed by atoms with E-state index in [2.05, 4.69) is 24.1 Å². The monoisotopic (exact) mass is 367 g/mol. The summed E-state index contributed by atoms with van der Waals surface area (Å²) in [5, 5.41) is 3.01. The van der Waals surface area contributed by atoms with Crippen molar-refractivity contribution in [3.63, 3.8) is 0 Å². The maximum absolute atomic E-state index is 12.7. The Balaban J connectivity index is 1.56. The van der Waals surface area contributed by atoms with Crippen molar-refractivity contribution >= 4 is 11.7 Å². The molecule has 2 aromatic rings. The van der Waals surface area contributed by atoms with Crippen molar-refractivity contribution in [1.29, 1.82) is 0 Å². The highest BCUT2D eigenvalue weighted by molar-refractivity contribution is 5.91. The molecular weight excluding hydrogens is 338 g/mol. The summed E-state index contributed by atoms with van der Waals surface area (Å²) in [5.41, 5.74) is 0.689. The van der Waals surface area contributed by atoms with Gasteiger partial charge in [-0.1, -0.05) is 44.2 Å². The fourth-order valence-electron chi connectivity index (χ4n) is 3.08. The summed E-state index contributed by atoms with van der Waals surface area (Å²) in [6.45, 7) is 8.99. The van der Waals surface area contributed by atoms with Crippen molar-refractivity contribution in [3.05, 3.63) is 54.6 Å². The minimum absolute atomic E-state index is 0.0670. The zero-order valence-corrected chi connectivity index (χ0v) is 16.2. The quantitative estimate of drug-likeness (QED) is 0.807. The number of amides is 2. The van der Waals surface area contributed by atoms with Gasteiger partial charge in [0.15, 0.2) is 5.75 Å². The average molecular weight is 367 g/mol. The van der Waals surface area contributed by atoms with Crippen LogP contribution in [0.4, 0.5) is 10.5 Å². The van der Waals surface area contributed by atoms with Crippen LogP contribution in [0.25, 0.3) is 0 Å². The maximum atomic E-state index is 12.7. The van der Waals surface area contributed by atoms with Crippen LogP contribution < -0.4 is 10.1 Å². The Morgan fingerprint density at radius 1 is 1.00 bits per heavy atom. The predicted molar refractivity (Wildman–Crippen MR) is 109 cm³/mol. The molecule has 144 valence electrons. The van der Waals surface area contributed by atoms with E-state index in [4.69, 9.17) is 4.74 Å². The summed E-state index contributed by atoms with van der Waals surface area (Å²) in [7, 11) is 0. The second-order valence-corrected chi connectivity index (χ2v) is 7.35. The molecule has 0 saturated carbocycles. The summed E-state index contributed by atoms with van der Waals surface area (Å²) < 4.78 is 5.93. The third-order valence-corrected chi connectivity index (χ3v) is 4.78. The number of nitrogens with one attached hydrogen (secondary N) is 1. The van der Waals surface area contributed by atoms with Crippen LogP contribution >= 0.6 is 0 Å². The topological polar surface area (TPSA) is 44.8 Å². The first kappa shape index (κ1) is 19.2. The molecule has 2 aromatic carbocycles. The van der Waals surface area contributed by atoms with E-state index in [1.54, 1.807) is 0 Å². The van der Waals surface area contributed by atoms with Crippen LogP contribution in [0, 0.1) is 5.92 Å². The zero-order chi connectivity index (χ0) is 19.1. The van der Waals surface area contributed by atoms with E-state index in [0.29, 0.717) is 17.4 Å². The molecular formula is C22H29N3O2. The molecule has 2 amide bonds. The average Bonchev–Trinajstić information content (AvgIpc) is 2.69. The van der Waals surface area contributed by atoms with Gasteiger partial charge in [0.2, 0.25) is 0 Å². The summed E-state index contributed by atoms with van der Waals surface area (Å²) in [4.78, 5) is 17.0. The molecule has 0 spiro atoms. The molecule has 0 aromatic heterocycles. The first-order chi connectivity index (χ1) is 13.1. The minimum atomic E-state index is -0.0670. The van der Waals surface area contributed by atoms with E-state index >= 15 is 0 Å². The Labute approximate surface area is 161 Å². The van der Waals surface area contributed by atoms with E-state index in [9.17, 15) is 4.79 Å². The van der Waals surface area contributed by atoms with Crippen molar-refractivity contribution in [2.45, 2.75) is 20.3 Å². The van der Waals surface area contributed by atoms with Gasteiger partial charge in [-0.2, -0.15) is 0 Å². The number of anilines is 1. The van der Waals surface area contributed by atoms with Crippen LogP contribution in [-0.4, -0.2) is 48.6 Å². The van der Waals surface area contributed by atoms with Crippen molar-refractivity contribution in [3.8, 4) is 11.5 Å². The van der Waals surface area contributed by atoms with E-state index in [0.717, 1.165) is 38.5 Å². The number of piperazine rings is 1. The molecule has 1 aliphatic heterocycles. The fourth-order valence-corrected chi connectivity index (χ4v) is 3.08. The van der Waals surface area contributed by atoms with E-state index in [-0.39, 0.29) is 6.03 Å². The van der Waals surface area contributed by atoms with Gasteiger partial charge in [-0.15, -0.1) is 0 Å². The molecule has 1 heterocycles. The van der Waals surface area contributed by atoms with E-state index in [1.807, 2.05) is 59.5 Å². The molecule has 1 N–H and O–H groups in total. The molecule has 1 saturated heterocycles. The lowest BCUT2D eigenvalue weighted by atomic mass is 10.1. The van der Waals surface area contributed by atoms with Crippen molar-refractivity contribution < 1.29 is 9.53 Å². The smallest absolute Gasteiger partial charge is 0.322 e. The highest BCUT2D eigenvalue weighted by atomic mass is 16.5. The number of benzene rings is 2. The number of urea groups is 1. The van der Waals surface area contributed by atoms with Crippen LogP contribution in [0.5, 0.6) is 11.5 Å². The third-order valence-electron chi connectivity index (χ3n) is 4.78. The Kier molecular flexibility index (Phi) is 6.71. The van der Waals surface area contributed by atoms with Crippen LogP contribution in [0.2, 0.25) is 0 Å². The minimum Gasteiger partial charge on any atom is -0.455 e. The molecule has 3 rings (SSSR count). The molecule has 0 bridgehead atoms. The predicted octanol–water partition coefficient (Wildman–Crippen LogP) is 4.67. The highest BCUT2D eigenvalue weighted by Gasteiger charge is 2.21. The summed E-state index contributed by atoms with van der Waals surface area (Å²) in [5.74, 6) is 2.11. The summed E-state index contributed by atoms with van der Waals surface area (Å²) in [6.07, 6.45) is 1.20. The number of ether oxygens (including phenoxy) is 1. The SMILES string of the molecule is CC(C)CCN1CCN(C(=O)Nc2ccccc2Oc2ccccc2)CC1. The second-order valence-electron chi connectivity index (χ2n) is 7.35. The lowest BCUT2D eigenvalue weighted by molar-refractivity contribution is 0.143. The highest BCUT2D eigenvalue weighted by Crippen LogP contribution is 2.29. The summed E-state index contributed by atoms with van der Waals surface area (Å²) >= 11 is 0. The Bertz CT molecular complexity index is 725. The molecule has 27 heavy (non-hydrogen) atoms. The first-order valence-corrected chi connectivity index (χ1v) is 9.72. The zero-order valence-electron chi connectivity index (χ0n) is 16.2. The second kappa shape index (κ2) is 9.42. The lowest BCUT2D eigenvalue weighted by Crippen LogP contribution is -2.50. The van der Waals surface area contributed by atoms with Gasteiger partial charge >= 0.3 is 6.03 Å². The molecule has 5 nitrogen and oxygen atoms in total. The molecule has 0 radical (unpaired) electrons. The number of hydrogen-bond acceptors (Lipinski definition) is 3. The number of rotatable bonds is 6. The van der Waals surface area contributed by atoms with Gasteiger partial charge in [0.25, 0.3) is 0 Å². The van der Waals surface area contributed by atoms with Gasteiger partial charge < -0.3 is 15.0 Å². The molecule has 0 unspecified atom stereocenters. The van der Waals surface area contributed by atoms with Crippen LogP contribution in [0.1, 0.15) is 20.3 Å². The van der Waals surface area contributed by atoms with Gasteiger partial charge in [0.1, 0.15) is 5.75 Å². The summed E-state index contributed by atoms with van der Waals surface area (Å²) in [6, 6.07) is 17.1. The van der Waals surface area contributed by atoms with Crippen LogP contribution in [-0.2, 0) is 0 Å². The van der Waals surface area contributed by atoms with Gasteiger partial charge in [-0.25, -0.2) is 4.79 Å². The largest absolute Gasteiger partial charge is 0.455 e. The molecule has 1 fully saturated rings. The Hall–Kier alpha value is -2.53. The Morgan fingerprint density at radius 2 is 1.67 bits per heavy atom. The lowest BCUT2D eigenvalue weighted by Gasteiger charge is -2.35. The van der Waals surface area contributed by atoms with Crippen LogP contribution in [0.15, 0.2) is 54.6 Å². The fraction of sp³-hybridized carbons (Fsp3) is 0.409. The first-order valence-electron chi connectivity index (χ1n) is 9.72. The molecule has 0 atom stereocenters. The normalized spacial score (nSPS) is 15.0. The van der Waals surface area contributed by atoms with Gasteiger partial charge in [0, 0.05) is 26.2 Å². The van der Waals surface area contributed by atoms with Crippen molar-refractivity contribution in [2.24, 2.45) is 5.92 Å². The van der Waals surface area contributed by atoms with E-state index in [1.165, 1.54) is 6.42 Å².